The zero-order valence-corrected chi connectivity index (χ0v) is 31.6. The number of hydrogen-bond acceptors (Lipinski definition) is 9. The first-order chi connectivity index (χ1) is 22.6. The van der Waals surface area contributed by atoms with E-state index in [2.05, 4.69) is 10.7 Å². The van der Waals surface area contributed by atoms with E-state index in [1.54, 1.807) is 46.8 Å². The van der Waals surface area contributed by atoms with E-state index in [-0.39, 0.29) is 24.3 Å². The average molecular weight is 705 g/mol. The van der Waals surface area contributed by atoms with Crippen LogP contribution in [0.3, 0.4) is 0 Å². The lowest BCUT2D eigenvalue weighted by molar-refractivity contribution is -0.150. The Bertz CT molecular complexity index is 1490. The first kappa shape index (κ1) is 41.5. The van der Waals surface area contributed by atoms with Crippen molar-refractivity contribution in [3.05, 3.63) is 60.2 Å². The van der Waals surface area contributed by atoms with Crippen molar-refractivity contribution in [2.45, 2.75) is 109 Å². The van der Waals surface area contributed by atoms with Crippen LogP contribution in [0.2, 0.25) is 0 Å². The summed E-state index contributed by atoms with van der Waals surface area (Å²) in [6.07, 6.45) is -1.90. The topological polar surface area (TPSA) is 155 Å². The standard InChI is InChI=1S/C36H56N4O8S/c1-24(2)33(49(45,46)28-19-17-27(47-11)18-20-28)37-23-30(41)29(21-26-15-13-12-14-16-26)40(31(42)22-35(4,5)6)38-32(43)25(3)39(10)34(44)48-36(7,8)9/h12-20,24-25,29-30,33,37,41H,21-23H2,1-11H3,(H,38,43)/t25-,29+,30-,33?/m1/s1. The Hall–Kier alpha value is -3.68. The van der Waals surface area contributed by atoms with Gasteiger partial charge in [0.25, 0.3) is 5.91 Å². The fourth-order valence-corrected chi connectivity index (χ4v) is 6.83. The van der Waals surface area contributed by atoms with Gasteiger partial charge >= 0.3 is 6.09 Å². The molecule has 4 atom stereocenters. The molecule has 0 saturated carbocycles. The molecule has 0 radical (unpaired) electrons. The summed E-state index contributed by atoms with van der Waals surface area (Å²) < 4.78 is 38.0. The molecule has 0 aliphatic carbocycles. The third kappa shape index (κ3) is 12.6. The van der Waals surface area contributed by atoms with Crippen LogP contribution in [0.4, 0.5) is 4.79 Å². The van der Waals surface area contributed by atoms with Crippen LogP contribution in [0.1, 0.15) is 74.3 Å². The molecule has 0 aliphatic heterocycles. The maximum absolute atomic E-state index is 14.0. The Morgan fingerprint density at radius 1 is 0.918 bits per heavy atom. The number of hydrazine groups is 1. The summed E-state index contributed by atoms with van der Waals surface area (Å²) in [7, 11) is -0.986. The number of carbonyl (C=O) groups is 3. The molecule has 1 unspecified atom stereocenters. The van der Waals surface area contributed by atoms with Crippen molar-refractivity contribution in [3.63, 3.8) is 0 Å². The van der Waals surface area contributed by atoms with Gasteiger partial charge in [-0.3, -0.25) is 25.2 Å². The number of rotatable bonds is 14. The zero-order valence-electron chi connectivity index (χ0n) is 30.8. The summed E-state index contributed by atoms with van der Waals surface area (Å²) in [6.45, 7) is 15.6. The fraction of sp³-hybridized carbons (Fsp3) is 0.583. The van der Waals surface area contributed by atoms with Crippen LogP contribution in [0.25, 0.3) is 0 Å². The number of nitrogens with one attached hydrogen (secondary N) is 2. The first-order valence-electron chi connectivity index (χ1n) is 16.5. The number of aliphatic hydroxyl groups excluding tert-OH is 1. The fourth-order valence-electron chi connectivity index (χ4n) is 4.99. The average Bonchev–Trinajstić information content (AvgIpc) is 3.00. The Morgan fingerprint density at radius 3 is 1.98 bits per heavy atom. The van der Waals surface area contributed by atoms with Crippen LogP contribution in [-0.2, 0) is 30.6 Å². The highest BCUT2D eigenvalue weighted by Gasteiger charge is 2.37. The van der Waals surface area contributed by atoms with Crippen molar-refractivity contribution in [2.24, 2.45) is 11.3 Å². The van der Waals surface area contributed by atoms with Crippen LogP contribution in [0.5, 0.6) is 5.75 Å². The zero-order chi connectivity index (χ0) is 37.3. The molecule has 49 heavy (non-hydrogen) atoms. The molecule has 0 heterocycles. The first-order valence-corrected chi connectivity index (χ1v) is 18.0. The summed E-state index contributed by atoms with van der Waals surface area (Å²) >= 11 is 0. The van der Waals surface area contributed by atoms with Crippen LogP contribution in [-0.4, -0.2) is 91.2 Å². The summed E-state index contributed by atoms with van der Waals surface area (Å²) in [5.41, 5.74) is 2.20. The number of sulfone groups is 1. The van der Waals surface area contributed by atoms with Crippen LogP contribution in [0, 0.1) is 11.3 Å². The molecule has 2 aromatic rings. The van der Waals surface area contributed by atoms with Crippen LogP contribution in [0.15, 0.2) is 59.5 Å². The number of carbonyl (C=O) groups excluding carboxylic acids is 3. The van der Waals surface area contributed by atoms with E-state index < -0.39 is 68.2 Å². The van der Waals surface area contributed by atoms with Gasteiger partial charge in [-0.15, -0.1) is 0 Å². The SMILES string of the molecule is COc1ccc(S(=O)(=O)C(NC[C@@H](O)[C@H](Cc2ccccc2)N(NC(=O)[C@@H](C)N(C)C(=O)OC(C)(C)C)C(=O)CC(C)(C)C)C(C)C)cc1. The molecule has 3 N–H and O–H groups in total. The molecule has 0 bridgehead atoms. The van der Waals surface area contributed by atoms with Crippen molar-refractivity contribution in [1.82, 2.24) is 20.7 Å². The van der Waals surface area contributed by atoms with Gasteiger partial charge in [0.15, 0.2) is 9.84 Å². The van der Waals surface area contributed by atoms with E-state index in [0.29, 0.717) is 5.75 Å². The monoisotopic (exact) mass is 704 g/mol. The Morgan fingerprint density at radius 2 is 1.49 bits per heavy atom. The molecular weight excluding hydrogens is 648 g/mol. The van der Waals surface area contributed by atoms with E-state index >= 15 is 0 Å². The molecule has 0 saturated heterocycles. The van der Waals surface area contributed by atoms with Gasteiger partial charge in [-0.2, -0.15) is 0 Å². The van der Waals surface area contributed by atoms with Crippen LogP contribution >= 0.6 is 0 Å². The van der Waals surface area contributed by atoms with Gasteiger partial charge in [-0.05, 0) is 75.3 Å². The van der Waals surface area contributed by atoms with Gasteiger partial charge in [0.05, 0.1) is 24.2 Å². The minimum atomic E-state index is -3.90. The quantitative estimate of drug-likeness (QED) is 0.240. The number of benzene rings is 2. The van der Waals surface area contributed by atoms with Gasteiger partial charge in [-0.25, -0.2) is 18.2 Å². The van der Waals surface area contributed by atoms with E-state index in [1.807, 2.05) is 51.1 Å². The molecule has 0 spiro atoms. The number of amides is 3. The Balaban J connectivity index is 2.49. The van der Waals surface area contributed by atoms with Crippen molar-refractivity contribution < 1.29 is 37.4 Å². The van der Waals surface area contributed by atoms with Gasteiger partial charge in [0, 0.05) is 20.0 Å². The normalized spacial score (nSPS) is 14.7. The summed E-state index contributed by atoms with van der Waals surface area (Å²) in [4.78, 5) is 41.6. The van der Waals surface area contributed by atoms with E-state index in [4.69, 9.17) is 9.47 Å². The Kier molecular flexibility index (Phi) is 14.7. The largest absolute Gasteiger partial charge is 0.497 e. The molecule has 3 amide bonds. The number of hydrogen-bond donors (Lipinski definition) is 3. The predicted molar refractivity (Wildman–Crippen MR) is 189 cm³/mol. The van der Waals surface area contributed by atoms with Crippen LogP contribution < -0.4 is 15.5 Å². The highest BCUT2D eigenvalue weighted by atomic mass is 32.2. The lowest BCUT2D eigenvalue weighted by Crippen LogP contribution is -2.62. The lowest BCUT2D eigenvalue weighted by Gasteiger charge is -2.38. The minimum absolute atomic E-state index is 0.0233. The third-order valence-electron chi connectivity index (χ3n) is 7.74. The van der Waals surface area contributed by atoms with Gasteiger partial charge in [0.1, 0.15) is 22.8 Å². The molecule has 0 aliphatic rings. The highest BCUT2D eigenvalue weighted by Crippen LogP contribution is 2.25. The van der Waals surface area contributed by atoms with Crippen molar-refractivity contribution in [1.29, 1.82) is 0 Å². The van der Waals surface area contributed by atoms with E-state index in [9.17, 15) is 27.9 Å². The summed E-state index contributed by atoms with van der Waals surface area (Å²) in [6, 6.07) is 13.2. The van der Waals surface area contributed by atoms with Crippen molar-refractivity contribution >= 4 is 27.7 Å². The lowest BCUT2D eigenvalue weighted by atomic mass is 9.91. The van der Waals surface area contributed by atoms with Gasteiger partial charge in [-0.1, -0.05) is 65.0 Å². The van der Waals surface area contributed by atoms with E-state index in [1.165, 1.54) is 33.2 Å². The molecule has 2 rings (SSSR count). The van der Waals surface area contributed by atoms with Gasteiger partial charge < -0.3 is 14.6 Å². The van der Waals surface area contributed by atoms with Crippen molar-refractivity contribution in [2.75, 3.05) is 20.7 Å². The van der Waals surface area contributed by atoms with E-state index in [0.717, 1.165) is 15.5 Å². The maximum atomic E-state index is 14.0. The second kappa shape index (κ2) is 17.3. The second-order valence-corrected chi connectivity index (χ2v) is 16.9. The van der Waals surface area contributed by atoms with Gasteiger partial charge in [0.2, 0.25) is 5.91 Å². The molecule has 0 aromatic heterocycles. The number of nitrogens with zero attached hydrogens (tertiary/aromatic N) is 2. The summed E-state index contributed by atoms with van der Waals surface area (Å²) in [5.74, 6) is -1.01. The molecular formula is C36H56N4O8S. The number of methoxy groups -OCH3 is 1. The smallest absolute Gasteiger partial charge is 0.410 e. The molecule has 12 nitrogen and oxygen atoms in total. The minimum Gasteiger partial charge on any atom is -0.497 e. The molecule has 274 valence electrons. The predicted octanol–water partition coefficient (Wildman–Crippen LogP) is 4.56. The third-order valence-corrected chi connectivity index (χ3v) is 10.1. The Labute approximate surface area is 292 Å². The summed E-state index contributed by atoms with van der Waals surface area (Å²) in [5, 5.41) is 14.9. The molecule has 0 fully saturated rings. The highest BCUT2D eigenvalue weighted by molar-refractivity contribution is 7.92. The molecule has 13 heteroatoms. The second-order valence-electron chi connectivity index (χ2n) is 14.9. The van der Waals surface area contributed by atoms with Crippen molar-refractivity contribution in [3.8, 4) is 5.75 Å². The number of ether oxygens (including phenoxy) is 2. The number of likely N-dealkylation sites (N-methyl/N-ethyl adjacent to an activating group) is 1. The maximum Gasteiger partial charge on any atom is 0.410 e. The molecule has 2 aromatic carbocycles. The number of aliphatic hydroxyl groups is 1.